The highest BCUT2D eigenvalue weighted by Gasteiger charge is 2.10. The zero-order chi connectivity index (χ0) is 23.4. The zero-order valence-corrected chi connectivity index (χ0v) is 19.0. The lowest BCUT2D eigenvalue weighted by Gasteiger charge is -2.11. The predicted octanol–water partition coefficient (Wildman–Crippen LogP) is 4.28. The number of rotatable bonds is 8. The first-order valence-electron chi connectivity index (χ1n) is 10.2. The Hall–Kier alpha value is -4.17. The van der Waals surface area contributed by atoms with E-state index in [0.717, 1.165) is 22.1 Å². The molecule has 0 aliphatic rings. The van der Waals surface area contributed by atoms with Crippen LogP contribution in [-0.2, 0) is 0 Å². The maximum absolute atomic E-state index is 11.5. The predicted molar refractivity (Wildman–Crippen MR) is 130 cm³/mol. The highest BCUT2D eigenvalue weighted by atomic mass is 35.5. The van der Waals surface area contributed by atoms with Crippen molar-refractivity contribution in [3.05, 3.63) is 83.8 Å². The molecule has 0 unspecified atom stereocenters. The molecule has 3 N–H and O–H groups in total. The minimum atomic E-state index is -0.972. The lowest BCUT2D eigenvalue weighted by molar-refractivity contribution is 0.0696. The maximum Gasteiger partial charge on any atom is 0.335 e. The number of aromatic carboxylic acids is 1. The van der Waals surface area contributed by atoms with Gasteiger partial charge in [-0.3, -0.25) is 9.78 Å². The van der Waals surface area contributed by atoms with Gasteiger partial charge in [-0.15, -0.1) is 12.4 Å². The monoisotopic (exact) mass is 479 g/mol. The number of carbonyl (C=O) groups excluding carboxylic acids is 1. The highest BCUT2D eigenvalue weighted by Crippen LogP contribution is 2.28. The molecule has 0 fully saturated rings. The van der Waals surface area contributed by atoms with Crippen molar-refractivity contribution in [2.75, 3.05) is 13.2 Å². The van der Waals surface area contributed by atoms with Gasteiger partial charge in [-0.25, -0.2) is 9.78 Å². The number of aryl methyl sites for hydroxylation is 1. The molecule has 4 aromatic rings. The molecule has 0 aliphatic carbocycles. The number of fused-ring (bicyclic) bond motifs is 1. The third kappa shape index (κ3) is 5.41. The normalized spacial score (nSPS) is 10.4. The van der Waals surface area contributed by atoms with Crippen LogP contribution in [-0.4, -0.2) is 40.2 Å². The van der Waals surface area contributed by atoms with E-state index in [-0.39, 0.29) is 23.7 Å². The van der Waals surface area contributed by atoms with Crippen LogP contribution in [0.1, 0.15) is 26.4 Å². The van der Waals surface area contributed by atoms with Gasteiger partial charge in [-0.1, -0.05) is 12.1 Å². The highest BCUT2D eigenvalue weighted by molar-refractivity contribution is 5.97. The van der Waals surface area contributed by atoms with E-state index in [1.807, 2.05) is 24.3 Å². The molecule has 4 rings (SSSR count). The van der Waals surface area contributed by atoms with E-state index < -0.39 is 11.9 Å². The van der Waals surface area contributed by atoms with Crippen molar-refractivity contribution in [3.8, 4) is 22.6 Å². The number of carbonyl (C=O) groups is 2. The van der Waals surface area contributed by atoms with Gasteiger partial charge in [0.1, 0.15) is 30.4 Å². The number of nitrogens with two attached hydrogens (primary N) is 1. The van der Waals surface area contributed by atoms with Gasteiger partial charge in [0.15, 0.2) is 0 Å². The molecule has 9 heteroatoms. The second kappa shape index (κ2) is 10.6. The summed E-state index contributed by atoms with van der Waals surface area (Å²) in [4.78, 5) is 31.2. The summed E-state index contributed by atoms with van der Waals surface area (Å²) in [7, 11) is 0. The maximum atomic E-state index is 11.5. The van der Waals surface area contributed by atoms with Crippen LogP contribution in [0.2, 0.25) is 0 Å². The number of carboxylic acids is 1. The molecule has 0 saturated heterocycles. The second-order valence-corrected chi connectivity index (χ2v) is 7.33. The third-order valence-corrected chi connectivity index (χ3v) is 5.05. The summed E-state index contributed by atoms with van der Waals surface area (Å²) in [6, 6.07) is 15.5. The van der Waals surface area contributed by atoms with Gasteiger partial charge >= 0.3 is 5.97 Å². The first-order valence-corrected chi connectivity index (χ1v) is 10.2. The number of pyridine rings is 2. The summed E-state index contributed by atoms with van der Waals surface area (Å²) in [5.41, 5.74) is 8.84. The van der Waals surface area contributed by atoms with Gasteiger partial charge < -0.3 is 20.3 Å². The molecule has 0 atom stereocenters. The molecule has 34 heavy (non-hydrogen) atoms. The quantitative estimate of drug-likeness (QED) is 0.361. The van der Waals surface area contributed by atoms with Gasteiger partial charge in [0, 0.05) is 23.3 Å². The molecule has 2 heterocycles. The van der Waals surface area contributed by atoms with Gasteiger partial charge in [-0.2, -0.15) is 0 Å². The number of hydrogen-bond acceptors (Lipinski definition) is 6. The van der Waals surface area contributed by atoms with E-state index in [0.29, 0.717) is 30.2 Å². The molecule has 0 saturated carbocycles. The Morgan fingerprint density at radius 2 is 1.71 bits per heavy atom. The average molecular weight is 480 g/mol. The number of aromatic nitrogens is 2. The Labute approximate surface area is 201 Å². The molecular formula is C25H22ClN3O5. The van der Waals surface area contributed by atoms with E-state index >= 15 is 0 Å². The minimum absolute atomic E-state index is 0. The summed E-state index contributed by atoms with van der Waals surface area (Å²) >= 11 is 0. The number of ether oxygens (including phenoxy) is 2. The van der Waals surface area contributed by atoms with Crippen molar-refractivity contribution in [1.82, 2.24) is 9.97 Å². The molecule has 2 aromatic heterocycles. The number of halogens is 1. The van der Waals surface area contributed by atoms with Gasteiger partial charge in [0.2, 0.25) is 0 Å². The summed E-state index contributed by atoms with van der Waals surface area (Å²) < 4.78 is 11.4. The lowest BCUT2D eigenvalue weighted by Crippen LogP contribution is -2.12. The van der Waals surface area contributed by atoms with E-state index in [4.69, 9.17) is 20.3 Å². The fourth-order valence-corrected chi connectivity index (χ4v) is 3.38. The number of carboxylic acid groups (broad SMARTS) is 1. The van der Waals surface area contributed by atoms with Crippen LogP contribution in [0.25, 0.3) is 22.0 Å². The van der Waals surface area contributed by atoms with Crippen LogP contribution < -0.4 is 15.2 Å². The Balaban J connectivity index is 0.00000324. The molecule has 1 amide bonds. The number of benzene rings is 2. The van der Waals surface area contributed by atoms with Crippen LogP contribution in [0.15, 0.2) is 67.0 Å². The van der Waals surface area contributed by atoms with Crippen LogP contribution >= 0.6 is 12.4 Å². The molecule has 0 aliphatic heterocycles. The molecule has 0 spiro atoms. The number of hydrogen-bond donors (Lipinski definition) is 2. The smallest absolute Gasteiger partial charge is 0.335 e. The van der Waals surface area contributed by atoms with Crippen LogP contribution in [0.3, 0.4) is 0 Å². The Bertz CT molecular complexity index is 1340. The van der Waals surface area contributed by atoms with E-state index in [1.165, 1.54) is 6.07 Å². The fraction of sp³-hybridized carbons (Fsp3) is 0.120. The van der Waals surface area contributed by atoms with Gasteiger partial charge in [0.05, 0.1) is 11.1 Å². The van der Waals surface area contributed by atoms with Crippen molar-refractivity contribution < 1.29 is 24.2 Å². The van der Waals surface area contributed by atoms with Crippen molar-refractivity contribution in [2.45, 2.75) is 6.92 Å². The SMILES string of the molecule is Cc1cc(C(=O)O)ccc1OCCOc1ccc(-c2cncc3ccc(C(N)=O)nc23)cc1.Cl. The summed E-state index contributed by atoms with van der Waals surface area (Å²) in [6.45, 7) is 2.42. The van der Waals surface area contributed by atoms with E-state index in [9.17, 15) is 9.59 Å². The Kier molecular flexibility index (Phi) is 7.65. The van der Waals surface area contributed by atoms with Crippen molar-refractivity contribution in [3.63, 3.8) is 0 Å². The second-order valence-electron chi connectivity index (χ2n) is 7.33. The summed E-state index contributed by atoms with van der Waals surface area (Å²) in [5, 5.41) is 9.84. The first kappa shape index (κ1) is 24.5. The largest absolute Gasteiger partial charge is 0.490 e. The molecular weight excluding hydrogens is 458 g/mol. The van der Waals surface area contributed by atoms with Crippen molar-refractivity contribution >= 4 is 35.2 Å². The van der Waals surface area contributed by atoms with E-state index in [1.54, 1.807) is 43.6 Å². The molecule has 0 bridgehead atoms. The fourth-order valence-electron chi connectivity index (χ4n) is 3.38. The topological polar surface area (TPSA) is 125 Å². The number of nitrogens with zero attached hydrogens (tertiary/aromatic N) is 2. The average Bonchev–Trinajstić information content (AvgIpc) is 2.82. The van der Waals surface area contributed by atoms with Crippen molar-refractivity contribution in [1.29, 1.82) is 0 Å². The Morgan fingerprint density at radius 3 is 2.38 bits per heavy atom. The summed E-state index contributed by atoms with van der Waals surface area (Å²) in [6.07, 6.45) is 3.38. The number of amides is 1. The van der Waals surface area contributed by atoms with Crippen LogP contribution in [0.4, 0.5) is 0 Å². The minimum Gasteiger partial charge on any atom is -0.490 e. The van der Waals surface area contributed by atoms with Crippen LogP contribution in [0, 0.1) is 6.92 Å². The molecule has 0 radical (unpaired) electrons. The lowest BCUT2D eigenvalue weighted by atomic mass is 10.0. The molecule has 174 valence electrons. The third-order valence-electron chi connectivity index (χ3n) is 5.05. The van der Waals surface area contributed by atoms with Gasteiger partial charge in [-0.05, 0) is 60.5 Å². The standard InChI is InChI=1S/C25H21N3O5.ClH/c1-15-12-17(25(30)31)5-9-22(15)33-11-10-32-19-6-2-16(3-7-19)20-14-27-13-18-4-8-21(24(26)29)28-23(18)20;/h2-9,12-14H,10-11H2,1H3,(H2,26,29)(H,30,31);1H. The summed E-state index contributed by atoms with van der Waals surface area (Å²) in [5.74, 6) is -0.275. The van der Waals surface area contributed by atoms with Gasteiger partial charge in [0.25, 0.3) is 5.91 Å². The van der Waals surface area contributed by atoms with E-state index in [2.05, 4.69) is 9.97 Å². The van der Waals surface area contributed by atoms with Crippen molar-refractivity contribution in [2.24, 2.45) is 5.73 Å². The van der Waals surface area contributed by atoms with Crippen LogP contribution in [0.5, 0.6) is 11.5 Å². The zero-order valence-electron chi connectivity index (χ0n) is 18.2. The molecule has 8 nitrogen and oxygen atoms in total. The molecule has 2 aromatic carbocycles. The Morgan fingerprint density at radius 1 is 0.971 bits per heavy atom. The first-order chi connectivity index (χ1) is 15.9. The number of primary amides is 1.